The Morgan fingerprint density at radius 1 is 1.08 bits per heavy atom. The zero-order valence-corrected chi connectivity index (χ0v) is 13.2. The Kier molecular flexibility index (Phi) is 4.31. The molecule has 0 fully saturated rings. The van der Waals surface area contributed by atoms with Crippen LogP contribution in [0.2, 0.25) is 0 Å². The van der Waals surface area contributed by atoms with Crippen molar-refractivity contribution in [3.63, 3.8) is 0 Å². The molecule has 1 heterocycles. The van der Waals surface area contributed by atoms with Gasteiger partial charge in [0.2, 0.25) is 0 Å². The first kappa shape index (κ1) is 16.8. The second kappa shape index (κ2) is 6.43. The number of benzene rings is 2. The molecule has 0 radical (unpaired) electrons. The first-order chi connectivity index (χ1) is 11.9. The topological polar surface area (TPSA) is 50.1 Å². The van der Waals surface area contributed by atoms with E-state index in [-0.39, 0.29) is 11.2 Å². The van der Waals surface area contributed by atoms with Crippen LogP contribution in [0.15, 0.2) is 64.4 Å². The van der Waals surface area contributed by atoms with Crippen LogP contribution >= 0.6 is 0 Å². The molecule has 1 aromatic heterocycles. The van der Waals surface area contributed by atoms with Gasteiger partial charge in [0.25, 0.3) is 5.56 Å². The normalized spacial score (nSPS) is 12.0. The van der Waals surface area contributed by atoms with Crippen molar-refractivity contribution < 1.29 is 13.2 Å². The van der Waals surface area contributed by atoms with Crippen LogP contribution in [0.5, 0.6) is 0 Å². The van der Waals surface area contributed by atoms with Gasteiger partial charge >= 0.3 is 6.18 Å². The third kappa shape index (κ3) is 3.55. The second-order valence-electron chi connectivity index (χ2n) is 5.43. The van der Waals surface area contributed by atoms with E-state index in [0.29, 0.717) is 16.9 Å². The molecule has 0 saturated heterocycles. The molecule has 0 saturated carbocycles. The van der Waals surface area contributed by atoms with Gasteiger partial charge < -0.3 is 0 Å². The predicted molar refractivity (Wildman–Crippen MR) is 89.8 cm³/mol. The fourth-order valence-electron chi connectivity index (χ4n) is 2.37. The van der Waals surface area contributed by atoms with Gasteiger partial charge in [0.15, 0.2) is 0 Å². The smallest absolute Gasteiger partial charge is 0.295 e. The van der Waals surface area contributed by atoms with Crippen LogP contribution < -0.4 is 5.56 Å². The Balaban J connectivity index is 1.96. The molecule has 0 bridgehead atoms. The zero-order chi connectivity index (χ0) is 18.0. The molecule has 3 aromatic rings. The van der Waals surface area contributed by atoms with Gasteiger partial charge in [-0.05, 0) is 37.3 Å². The summed E-state index contributed by atoms with van der Waals surface area (Å²) in [6, 6.07) is 13.6. The summed E-state index contributed by atoms with van der Waals surface area (Å²) in [5.74, 6) is 0. The van der Waals surface area contributed by atoms with Gasteiger partial charge in [-0.2, -0.15) is 13.2 Å². The second-order valence-corrected chi connectivity index (χ2v) is 5.43. The lowest BCUT2D eigenvalue weighted by Gasteiger charge is -2.06. The van der Waals surface area contributed by atoms with Crippen molar-refractivity contribution in [1.82, 2.24) is 9.78 Å². The molecule has 25 heavy (non-hydrogen) atoms. The van der Waals surface area contributed by atoms with E-state index in [1.165, 1.54) is 23.0 Å². The molecule has 0 aliphatic heterocycles. The van der Waals surface area contributed by atoms with E-state index in [2.05, 4.69) is 10.1 Å². The zero-order valence-electron chi connectivity index (χ0n) is 13.2. The Hall–Kier alpha value is -3.09. The lowest BCUT2D eigenvalue weighted by atomic mass is 10.2. The molecule has 0 spiro atoms. The van der Waals surface area contributed by atoms with E-state index in [0.717, 1.165) is 12.1 Å². The summed E-state index contributed by atoms with van der Waals surface area (Å²) in [6.07, 6.45) is -3.15. The highest BCUT2D eigenvalue weighted by Gasteiger charge is 2.30. The van der Waals surface area contributed by atoms with E-state index < -0.39 is 11.7 Å². The van der Waals surface area contributed by atoms with E-state index in [1.54, 1.807) is 31.2 Å². The first-order valence-electron chi connectivity index (χ1n) is 7.44. The Bertz CT molecular complexity index is 969. The molecule has 0 aliphatic rings. The number of H-pyrrole nitrogens is 1. The van der Waals surface area contributed by atoms with Gasteiger partial charge in [-0.25, -0.2) is 4.68 Å². The molecule has 2 aromatic carbocycles. The average Bonchev–Trinajstić information content (AvgIpc) is 2.88. The number of aryl methyl sites for hydroxylation is 1. The van der Waals surface area contributed by atoms with Gasteiger partial charge in [-0.1, -0.05) is 24.3 Å². The molecule has 7 heteroatoms. The van der Waals surface area contributed by atoms with Crippen molar-refractivity contribution in [2.75, 3.05) is 0 Å². The number of halogens is 3. The van der Waals surface area contributed by atoms with Crippen molar-refractivity contribution in [2.24, 2.45) is 4.99 Å². The monoisotopic (exact) mass is 345 g/mol. The number of nitrogens with one attached hydrogen (secondary N) is 1. The summed E-state index contributed by atoms with van der Waals surface area (Å²) < 4.78 is 39.6. The van der Waals surface area contributed by atoms with E-state index in [4.69, 9.17) is 0 Å². The lowest BCUT2D eigenvalue weighted by Crippen LogP contribution is -2.17. The Labute approximate surface area is 141 Å². The minimum Gasteiger partial charge on any atom is -0.295 e. The number of alkyl halides is 3. The van der Waals surface area contributed by atoms with Crippen molar-refractivity contribution >= 4 is 11.9 Å². The third-order valence-electron chi connectivity index (χ3n) is 3.65. The van der Waals surface area contributed by atoms with Gasteiger partial charge in [0.05, 0.1) is 22.5 Å². The highest BCUT2D eigenvalue weighted by atomic mass is 19.4. The molecule has 128 valence electrons. The quantitative estimate of drug-likeness (QED) is 0.709. The summed E-state index contributed by atoms with van der Waals surface area (Å²) in [7, 11) is 0. The van der Waals surface area contributed by atoms with E-state index >= 15 is 0 Å². The maximum absolute atomic E-state index is 12.7. The largest absolute Gasteiger partial charge is 0.416 e. The highest BCUT2D eigenvalue weighted by molar-refractivity contribution is 5.83. The number of rotatable bonds is 3. The number of para-hydroxylation sites is 1. The predicted octanol–water partition coefficient (Wildman–Crippen LogP) is 4.24. The molecule has 0 atom stereocenters. The third-order valence-corrected chi connectivity index (χ3v) is 3.65. The van der Waals surface area contributed by atoms with Crippen molar-refractivity contribution in [2.45, 2.75) is 13.1 Å². The Morgan fingerprint density at radius 2 is 1.80 bits per heavy atom. The van der Waals surface area contributed by atoms with E-state index in [9.17, 15) is 18.0 Å². The number of hydrogen-bond acceptors (Lipinski definition) is 2. The summed E-state index contributed by atoms with van der Waals surface area (Å²) in [5.41, 5.74) is 0.551. The number of aromatic amines is 1. The SMILES string of the molecule is Cc1[nH]n(-c2ccccc2)c(=O)c1C=Nc1cccc(C(F)(F)F)c1. The average molecular weight is 345 g/mol. The fraction of sp³-hybridized carbons (Fsp3) is 0.111. The molecule has 3 rings (SSSR count). The molecular weight excluding hydrogens is 331 g/mol. The summed E-state index contributed by atoms with van der Waals surface area (Å²) in [4.78, 5) is 16.5. The maximum atomic E-state index is 12.7. The molecule has 0 unspecified atom stereocenters. The minimum absolute atomic E-state index is 0.126. The van der Waals surface area contributed by atoms with Crippen LogP contribution in [-0.2, 0) is 6.18 Å². The number of hydrogen-bond donors (Lipinski definition) is 1. The van der Waals surface area contributed by atoms with Crippen LogP contribution in [0.3, 0.4) is 0 Å². The molecular formula is C18H14F3N3O. The lowest BCUT2D eigenvalue weighted by molar-refractivity contribution is -0.137. The van der Waals surface area contributed by atoms with Crippen LogP contribution in [-0.4, -0.2) is 16.0 Å². The fourth-order valence-corrected chi connectivity index (χ4v) is 2.37. The standard InChI is InChI=1S/C18H14F3N3O/c1-12-16(17(25)24(23-12)15-8-3-2-4-9-15)11-22-14-7-5-6-13(10-14)18(19,20)21/h2-11,23H,1H3. The van der Waals surface area contributed by atoms with Crippen LogP contribution in [0.1, 0.15) is 16.8 Å². The van der Waals surface area contributed by atoms with Gasteiger partial charge in [0.1, 0.15) is 0 Å². The van der Waals surface area contributed by atoms with Crippen LogP contribution in [0, 0.1) is 6.92 Å². The minimum atomic E-state index is -4.43. The summed E-state index contributed by atoms with van der Waals surface area (Å²) in [6.45, 7) is 1.70. The molecule has 4 nitrogen and oxygen atoms in total. The first-order valence-corrected chi connectivity index (χ1v) is 7.44. The van der Waals surface area contributed by atoms with Gasteiger partial charge in [0, 0.05) is 11.9 Å². The van der Waals surface area contributed by atoms with Gasteiger partial charge in [-0.3, -0.25) is 14.9 Å². The van der Waals surface area contributed by atoms with Crippen molar-refractivity contribution in [3.8, 4) is 5.69 Å². The summed E-state index contributed by atoms with van der Waals surface area (Å²) in [5, 5.41) is 2.93. The molecule has 0 aliphatic carbocycles. The van der Waals surface area contributed by atoms with E-state index in [1.807, 2.05) is 6.07 Å². The van der Waals surface area contributed by atoms with Crippen molar-refractivity contribution in [3.05, 3.63) is 81.8 Å². The highest BCUT2D eigenvalue weighted by Crippen LogP contribution is 2.31. The van der Waals surface area contributed by atoms with Crippen LogP contribution in [0.25, 0.3) is 5.69 Å². The number of nitrogens with zero attached hydrogens (tertiary/aromatic N) is 2. The van der Waals surface area contributed by atoms with Crippen LogP contribution in [0.4, 0.5) is 18.9 Å². The number of aliphatic imine (C=N–C) groups is 1. The summed E-state index contributed by atoms with van der Waals surface area (Å²) >= 11 is 0. The maximum Gasteiger partial charge on any atom is 0.416 e. The van der Waals surface area contributed by atoms with Crippen molar-refractivity contribution in [1.29, 1.82) is 0 Å². The molecule has 0 amide bonds. The van der Waals surface area contributed by atoms with Gasteiger partial charge in [-0.15, -0.1) is 0 Å². The molecule has 1 N–H and O–H groups in total. The Morgan fingerprint density at radius 3 is 2.48 bits per heavy atom. The number of aromatic nitrogens is 2.